The van der Waals surface area contributed by atoms with Crippen molar-refractivity contribution < 1.29 is 4.79 Å². The van der Waals surface area contributed by atoms with Crippen molar-refractivity contribution in [2.24, 2.45) is 0 Å². The summed E-state index contributed by atoms with van der Waals surface area (Å²) in [7, 11) is 0. The van der Waals surface area contributed by atoms with E-state index in [9.17, 15) is 14.9 Å². The molecule has 1 aromatic carbocycles. The molecule has 0 spiro atoms. The number of ketones is 1. The van der Waals surface area contributed by atoms with Crippen LogP contribution in [0, 0.1) is 11.3 Å². The molecule has 0 aliphatic heterocycles. The van der Waals surface area contributed by atoms with Gasteiger partial charge in [0.05, 0.1) is 22.3 Å². The molecular formula is C20H18N4O2S. The second-order valence-corrected chi connectivity index (χ2v) is 7.61. The summed E-state index contributed by atoms with van der Waals surface area (Å²) in [5, 5.41) is 10.1. The molecule has 0 saturated heterocycles. The highest BCUT2D eigenvalue weighted by atomic mass is 32.2. The average Bonchev–Trinajstić information content (AvgIpc) is 3.00. The summed E-state index contributed by atoms with van der Waals surface area (Å²) in [6.07, 6.45) is 2.91. The van der Waals surface area contributed by atoms with E-state index in [-0.39, 0.29) is 11.5 Å². The molecule has 1 aliphatic rings. The zero-order chi connectivity index (χ0) is 18.8. The van der Waals surface area contributed by atoms with Crippen molar-refractivity contribution in [3.05, 3.63) is 57.6 Å². The van der Waals surface area contributed by atoms with Gasteiger partial charge in [0.25, 0.3) is 0 Å². The molecule has 1 N–H and O–H groups in total. The summed E-state index contributed by atoms with van der Waals surface area (Å²) >= 11 is 1.51. The number of Topliss-reactive ketones (excluding diaryl/α,β-unsaturated/α-hetero) is 1. The van der Waals surface area contributed by atoms with Crippen LogP contribution in [-0.2, 0) is 13.0 Å². The van der Waals surface area contributed by atoms with E-state index in [4.69, 9.17) is 0 Å². The van der Waals surface area contributed by atoms with E-state index in [0.717, 1.165) is 41.7 Å². The largest absolute Gasteiger partial charge is 0.326 e. The van der Waals surface area contributed by atoms with E-state index in [1.807, 2.05) is 24.3 Å². The molecule has 7 heteroatoms. The molecule has 0 atom stereocenters. The molecule has 2 aromatic heterocycles. The summed E-state index contributed by atoms with van der Waals surface area (Å²) in [4.78, 5) is 31.5. The Labute approximate surface area is 160 Å². The lowest BCUT2D eigenvalue weighted by molar-refractivity contribution is 0.0971. The number of para-hydroxylation sites is 2. The maximum absolute atomic E-state index is 12.1. The van der Waals surface area contributed by atoms with Crippen LogP contribution in [0.4, 0.5) is 0 Å². The standard InChI is InChI=1S/C20H18N4O2S/c21-12-13-11-14-15(6-3-8-18(14)25)22-19(13)27-10-4-9-24-17-7-2-1-5-16(17)23-20(24)26/h1-2,5,7,11H,3-4,6,8-10H2,(H,23,26). The van der Waals surface area contributed by atoms with E-state index in [2.05, 4.69) is 16.0 Å². The number of pyridine rings is 1. The van der Waals surface area contributed by atoms with Crippen molar-refractivity contribution in [3.63, 3.8) is 0 Å². The molecule has 0 saturated carbocycles. The van der Waals surface area contributed by atoms with Gasteiger partial charge < -0.3 is 4.98 Å². The fourth-order valence-electron chi connectivity index (χ4n) is 3.43. The molecule has 0 bridgehead atoms. The fraction of sp³-hybridized carbons (Fsp3) is 0.300. The van der Waals surface area contributed by atoms with Crippen LogP contribution in [-0.4, -0.2) is 26.1 Å². The van der Waals surface area contributed by atoms with Gasteiger partial charge in [-0.05, 0) is 37.5 Å². The SMILES string of the molecule is N#Cc1cc2c(nc1SCCCn1c(=O)[nH]c3ccccc31)CCCC2=O. The fourth-order valence-corrected chi connectivity index (χ4v) is 4.33. The van der Waals surface area contributed by atoms with Crippen molar-refractivity contribution in [3.8, 4) is 6.07 Å². The maximum Gasteiger partial charge on any atom is 0.326 e. The number of aryl methyl sites for hydroxylation is 2. The Morgan fingerprint density at radius 2 is 2.11 bits per heavy atom. The second-order valence-electron chi connectivity index (χ2n) is 6.52. The number of nitrogens with one attached hydrogen (secondary N) is 1. The Hall–Kier alpha value is -2.85. The Kier molecular flexibility index (Phi) is 4.82. The Morgan fingerprint density at radius 1 is 1.26 bits per heavy atom. The van der Waals surface area contributed by atoms with Gasteiger partial charge in [0.15, 0.2) is 5.78 Å². The predicted octanol–water partition coefficient (Wildman–Crippen LogP) is 3.30. The Balaban J connectivity index is 1.46. The summed E-state index contributed by atoms with van der Waals surface area (Å²) in [6, 6.07) is 11.5. The molecule has 27 heavy (non-hydrogen) atoms. The van der Waals surface area contributed by atoms with Crippen molar-refractivity contribution >= 4 is 28.6 Å². The van der Waals surface area contributed by atoms with E-state index < -0.39 is 0 Å². The van der Waals surface area contributed by atoms with Gasteiger partial charge in [0.2, 0.25) is 0 Å². The number of aromatic amines is 1. The third-order valence-corrected chi connectivity index (χ3v) is 5.83. The lowest BCUT2D eigenvalue weighted by Gasteiger charge is -2.15. The van der Waals surface area contributed by atoms with Gasteiger partial charge in [-0.15, -0.1) is 11.8 Å². The number of benzene rings is 1. The van der Waals surface area contributed by atoms with Gasteiger partial charge in [-0.25, -0.2) is 9.78 Å². The van der Waals surface area contributed by atoms with Gasteiger partial charge >= 0.3 is 5.69 Å². The minimum atomic E-state index is -0.107. The van der Waals surface area contributed by atoms with Crippen molar-refractivity contribution in [1.29, 1.82) is 5.26 Å². The van der Waals surface area contributed by atoms with Gasteiger partial charge in [0.1, 0.15) is 11.1 Å². The van der Waals surface area contributed by atoms with Crippen LogP contribution in [0.1, 0.15) is 40.9 Å². The lowest BCUT2D eigenvalue weighted by atomic mass is 9.94. The third kappa shape index (κ3) is 3.40. The number of carbonyl (C=O) groups is 1. The molecule has 136 valence electrons. The molecule has 0 fully saturated rings. The molecule has 0 amide bonds. The number of H-pyrrole nitrogens is 1. The normalized spacial score (nSPS) is 13.5. The molecule has 2 heterocycles. The number of nitrogens with zero attached hydrogens (tertiary/aromatic N) is 3. The van der Waals surface area contributed by atoms with E-state index in [1.54, 1.807) is 10.6 Å². The second kappa shape index (κ2) is 7.41. The molecule has 6 nitrogen and oxygen atoms in total. The van der Waals surface area contributed by atoms with Crippen LogP contribution in [0.15, 0.2) is 40.2 Å². The van der Waals surface area contributed by atoms with Crippen molar-refractivity contribution in [2.75, 3.05) is 5.75 Å². The van der Waals surface area contributed by atoms with Crippen molar-refractivity contribution in [1.82, 2.24) is 14.5 Å². The maximum atomic E-state index is 12.1. The number of thioether (sulfide) groups is 1. The summed E-state index contributed by atoms with van der Waals surface area (Å²) in [5.41, 5.74) is 3.49. The number of imidazole rings is 1. The van der Waals surface area contributed by atoms with Crippen LogP contribution < -0.4 is 5.69 Å². The number of carbonyl (C=O) groups excluding carboxylic acids is 1. The first-order chi connectivity index (χ1) is 13.2. The smallest absolute Gasteiger partial charge is 0.306 e. The number of aromatic nitrogens is 3. The summed E-state index contributed by atoms with van der Waals surface area (Å²) in [5.74, 6) is 0.816. The molecule has 0 unspecified atom stereocenters. The number of rotatable bonds is 5. The minimum absolute atomic E-state index is 0.0792. The third-order valence-electron chi connectivity index (χ3n) is 4.75. The zero-order valence-electron chi connectivity index (χ0n) is 14.7. The van der Waals surface area contributed by atoms with E-state index in [1.165, 1.54) is 11.8 Å². The van der Waals surface area contributed by atoms with E-state index in [0.29, 0.717) is 29.1 Å². The average molecular weight is 378 g/mol. The topological polar surface area (TPSA) is 91.5 Å². The first-order valence-corrected chi connectivity index (χ1v) is 9.93. The zero-order valence-corrected chi connectivity index (χ0v) is 15.5. The Morgan fingerprint density at radius 3 is 2.96 bits per heavy atom. The highest BCUT2D eigenvalue weighted by molar-refractivity contribution is 7.99. The number of nitriles is 1. The molecule has 4 rings (SSSR count). The summed E-state index contributed by atoms with van der Waals surface area (Å²) in [6.45, 7) is 0.598. The van der Waals surface area contributed by atoms with Gasteiger partial charge in [-0.3, -0.25) is 9.36 Å². The lowest BCUT2D eigenvalue weighted by Crippen LogP contribution is -2.17. The van der Waals surface area contributed by atoms with Gasteiger partial charge in [-0.2, -0.15) is 5.26 Å². The van der Waals surface area contributed by atoms with Crippen LogP contribution in [0.2, 0.25) is 0 Å². The highest BCUT2D eigenvalue weighted by Gasteiger charge is 2.21. The first kappa shape index (κ1) is 17.6. The minimum Gasteiger partial charge on any atom is -0.306 e. The number of hydrogen-bond donors (Lipinski definition) is 1. The van der Waals surface area contributed by atoms with Crippen LogP contribution in [0.25, 0.3) is 11.0 Å². The first-order valence-electron chi connectivity index (χ1n) is 8.95. The van der Waals surface area contributed by atoms with Gasteiger partial charge in [0, 0.05) is 24.3 Å². The molecule has 1 aliphatic carbocycles. The monoisotopic (exact) mass is 378 g/mol. The van der Waals surface area contributed by atoms with E-state index >= 15 is 0 Å². The quantitative estimate of drug-likeness (QED) is 0.543. The summed E-state index contributed by atoms with van der Waals surface area (Å²) < 4.78 is 1.74. The molecule has 0 radical (unpaired) electrons. The number of fused-ring (bicyclic) bond motifs is 2. The van der Waals surface area contributed by atoms with Crippen LogP contribution >= 0.6 is 11.8 Å². The predicted molar refractivity (Wildman–Crippen MR) is 104 cm³/mol. The van der Waals surface area contributed by atoms with Crippen LogP contribution in [0.5, 0.6) is 0 Å². The molecular weight excluding hydrogens is 360 g/mol. The molecule has 3 aromatic rings. The van der Waals surface area contributed by atoms with Crippen LogP contribution in [0.3, 0.4) is 0 Å². The Bertz CT molecular complexity index is 1120. The highest BCUT2D eigenvalue weighted by Crippen LogP contribution is 2.27. The van der Waals surface area contributed by atoms with Crippen molar-refractivity contribution in [2.45, 2.75) is 37.3 Å². The number of hydrogen-bond acceptors (Lipinski definition) is 5. The van der Waals surface area contributed by atoms with Gasteiger partial charge in [-0.1, -0.05) is 12.1 Å².